The SMILES string of the molecule is CCCN(Cc1cccc(N)c1)CC(CC)CC. The average Bonchev–Trinajstić information content (AvgIpc) is 2.36. The highest BCUT2D eigenvalue weighted by Crippen LogP contribution is 2.14. The first kappa shape index (κ1) is 15.0. The summed E-state index contributed by atoms with van der Waals surface area (Å²) in [6.07, 6.45) is 3.75. The van der Waals surface area contributed by atoms with Crippen LogP contribution in [0.4, 0.5) is 5.69 Å². The molecule has 0 radical (unpaired) electrons. The first-order valence-corrected chi connectivity index (χ1v) is 7.26. The number of rotatable bonds is 8. The topological polar surface area (TPSA) is 29.3 Å². The highest BCUT2D eigenvalue weighted by molar-refractivity contribution is 5.40. The van der Waals surface area contributed by atoms with Crippen molar-refractivity contribution in [3.63, 3.8) is 0 Å². The van der Waals surface area contributed by atoms with Crippen LogP contribution in [-0.4, -0.2) is 18.0 Å². The molecule has 0 heterocycles. The Balaban J connectivity index is 2.61. The number of hydrogen-bond donors (Lipinski definition) is 1. The van der Waals surface area contributed by atoms with Crippen LogP contribution in [0.2, 0.25) is 0 Å². The van der Waals surface area contributed by atoms with Crippen molar-refractivity contribution < 1.29 is 0 Å². The third-order valence-corrected chi connectivity index (χ3v) is 3.57. The summed E-state index contributed by atoms with van der Waals surface area (Å²) in [5.74, 6) is 0.817. The summed E-state index contributed by atoms with van der Waals surface area (Å²) in [5.41, 5.74) is 8.04. The fourth-order valence-corrected chi connectivity index (χ4v) is 2.41. The second-order valence-electron chi connectivity index (χ2n) is 5.16. The minimum Gasteiger partial charge on any atom is -0.399 e. The van der Waals surface area contributed by atoms with E-state index in [4.69, 9.17) is 5.73 Å². The van der Waals surface area contributed by atoms with Crippen LogP contribution in [0.25, 0.3) is 0 Å². The molecule has 0 saturated heterocycles. The molecule has 0 spiro atoms. The van der Waals surface area contributed by atoms with Gasteiger partial charge in [0.1, 0.15) is 0 Å². The number of nitrogen functional groups attached to an aromatic ring is 1. The molecule has 2 N–H and O–H groups in total. The molecule has 0 amide bonds. The lowest BCUT2D eigenvalue weighted by Gasteiger charge is -2.26. The molecule has 0 aliphatic rings. The van der Waals surface area contributed by atoms with Crippen LogP contribution in [-0.2, 0) is 6.54 Å². The van der Waals surface area contributed by atoms with Crippen molar-refractivity contribution in [3.05, 3.63) is 29.8 Å². The lowest BCUT2D eigenvalue weighted by atomic mass is 10.0. The van der Waals surface area contributed by atoms with Crippen molar-refractivity contribution in [2.45, 2.75) is 46.6 Å². The van der Waals surface area contributed by atoms with Crippen LogP contribution < -0.4 is 5.73 Å². The first-order valence-electron chi connectivity index (χ1n) is 7.26. The molecule has 0 fully saturated rings. The van der Waals surface area contributed by atoms with Gasteiger partial charge in [-0.2, -0.15) is 0 Å². The Bertz CT molecular complexity index is 332. The van der Waals surface area contributed by atoms with Crippen molar-refractivity contribution in [2.75, 3.05) is 18.8 Å². The minimum atomic E-state index is 0.817. The predicted octanol–water partition coefficient (Wildman–Crippen LogP) is 3.92. The number of hydrogen-bond acceptors (Lipinski definition) is 2. The number of anilines is 1. The third kappa shape index (κ3) is 5.09. The molecule has 2 heteroatoms. The van der Waals surface area contributed by atoms with Gasteiger partial charge in [-0.05, 0) is 36.6 Å². The van der Waals surface area contributed by atoms with Gasteiger partial charge in [0.2, 0.25) is 0 Å². The fraction of sp³-hybridized carbons (Fsp3) is 0.625. The average molecular weight is 248 g/mol. The van der Waals surface area contributed by atoms with Crippen LogP contribution >= 0.6 is 0 Å². The van der Waals surface area contributed by atoms with Crippen molar-refractivity contribution in [3.8, 4) is 0 Å². The maximum Gasteiger partial charge on any atom is 0.0317 e. The monoisotopic (exact) mass is 248 g/mol. The normalized spacial score (nSPS) is 11.4. The van der Waals surface area contributed by atoms with E-state index in [2.05, 4.69) is 37.8 Å². The Labute approximate surface area is 112 Å². The van der Waals surface area contributed by atoms with Crippen molar-refractivity contribution >= 4 is 5.69 Å². The van der Waals surface area contributed by atoms with Crippen LogP contribution in [0, 0.1) is 5.92 Å². The summed E-state index contributed by atoms with van der Waals surface area (Å²) in [4.78, 5) is 2.56. The van der Waals surface area contributed by atoms with E-state index in [0.717, 1.165) is 18.2 Å². The maximum atomic E-state index is 5.84. The summed E-state index contributed by atoms with van der Waals surface area (Å²) in [5, 5.41) is 0. The molecule has 0 unspecified atom stereocenters. The summed E-state index contributed by atoms with van der Waals surface area (Å²) in [7, 11) is 0. The molecular weight excluding hydrogens is 220 g/mol. The van der Waals surface area contributed by atoms with E-state index in [1.807, 2.05) is 12.1 Å². The molecule has 0 atom stereocenters. The van der Waals surface area contributed by atoms with Gasteiger partial charge < -0.3 is 5.73 Å². The molecule has 1 aromatic carbocycles. The first-order chi connectivity index (χ1) is 8.69. The Morgan fingerprint density at radius 2 is 1.89 bits per heavy atom. The van der Waals surface area contributed by atoms with E-state index in [1.165, 1.54) is 37.9 Å². The fourth-order valence-electron chi connectivity index (χ4n) is 2.41. The van der Waals surface area contributed by atoms with Crippen LogP contribution in [0.5, 0.6) is 0 Å². The number of nitrogens with two attached hydrogens (primary N) is 1. The van der Waals surface area contributed by atoms with Crippen molar-refractivity contribution in [1.29, 1.82) is 0 Å². The van der Waals surface area contributed by atoms with Gasteiger partial charge in [-0.25, -0.2) is 0 Å². The van der Waals surface area contributed by atoms with Gasteiger partial charge in [0.05, 0.1) is 0 Å². The van der Waals surface area contributed by atoms with Crippen LogP contribution in [0.15, 0.2) is 24.3 Å². The third-order valence-electron chi connectivity index (χ3n) is 3.57. The molecule has 1 rings (SSSR count). The largest absolute Gasteiger partial charge is 0.399 e. The van der Waals surface area contributed by atoms with Gasteiger partial charge in [0.25, 0.3) is 0 Å². The summed E-state index contributed by atoms with van der Waals surface area (Å²) < 4.78 is 0. The number of benzene rings is 1. The van der Waals surface area contributed by atoms with E-state index in [9.17, 15) is 0 Å². The van der Waals surface area contributed by atoms with E-state index in [-0.39, 0.29) is 0 Å². The second kappa shape index (κ2) is 8.15. The Morgan fingerprint density at radius 3 is 2.44 bits per heavy atom. The summed E-state index contributed by atoms with van der Waals surface area (Å²) in [6.45, 7) is 10.2. The quantitative estimate of drug-likeness (QED) is 0.707. The zero-order valence-electron chi connectivity index (χ0n) is 12.2. The molecular formula is C16H28N2. The lowest BCUT2D eigenvalue weighted by molar-refractivity contribution is 0.216. The summed E-state index contributed by atoms with van der Waals surface area (Å²) in [6, 6.07) is 8.27. The predicted molar refractivity (Wildman–Crippen MR) is 80.5 cm³/mol. The summed E-state index contributed by atoms with van der Waals surface area (Å²) >= 11 is 0. The molecule has 2 nitrogen and oxygen atoms in total. The Morgan fingerprint density at radius 1 is 1.17 bits per heavy atom. The zero-order valence-corrected chi connectivity index (χ0v) is 12.2. The van der Waals surface area contributed by atoms with Gasteiger partial charge in [0, 0.05) is 18.8 Å². The van der Waals surface area contributed by atoms with Gasteiger partial charge in [-0.3, -0.25) is 4.90 Å². The highest BCUT2D eigenvalue weighted by atomic mass is 15.1. The van der Waals surface area contributed by atoms with Gasteiger partial charge in [-0.15, -0.1) is 0 Å². The van der Waals surface area contributed by atoms with Gasteiger partial charge >= 0.3 is 0 Å². The standard InChI is InChI=1S/C16H28N2/c1-4-10-18(12-14(5-2)6-3)13-15-8-7-9-16(17)11-15/h7-9,11,14H,4-6,10,12-13,17H2,1-3H3. The van der Waals surface area contributed by atoms with E-state index < -0.39 is 0 Å². The molecule has 0 aliphatic carbocycles. The molecule has 0 saturated carbocycles. The molecule has 0 aromatic heterocycles. The zero-order chi connectivity index (χ0) is 13.4. The van der Waals surface area contributed by atoms with Gasteiger partial charge in [-0.1, -0.05) is 45.7 Å². The Hall–Kier alpha value is -1.02. The number of nitrogens with zero attached hydrogens (tertiary/aromatic N) is 1. The van der Waals surface area contributed by atoms with Gasteiger partial charge in [0.15, 0.2) is 0 Å². The highest BCUT2D eigenvalue weighted by Gasteiger charge is 2.11. The van der Waals surface area contributed by atoms with Crippen LogP contribution in [0.1, 0.15) is 45.6 Å². The molecule has 1 aromatic rings. The van der Waals surface area contributed by atoms with Crippen LogP contribution in [0.3, 0.4) is 0 Å². The molecule has 0 aliphatic heterocycles. The lowest BCUT2D eigenvalue weighted by Crippen LogP contribution is -2.29. The molecule has 18 heavy (non-hydrogen) atoms. The van der Waals surface area contributed by atoms with E-state index in [0.29, 0.717) is 0 Å². The maximum absolute atomic E-state index is 5.84. The second-order valence-corrected chi connectivity index (χ2v) is 5.16. The Kier molecular flexibility index (Phi) is 6.81. The molecule has 0 bridgehead atoms. The van der Waals surface area contributed by atoms with Crippen molar-refractivity contribution in [2.24, 2.45) is 5.92 Å². The minimum absolute atomic E-state index is 0.817. The van der Waals surface area contributed by atoms with E-state index >= 15 is 0 Å². The smallest absolute Gasteiger partial charge is 0.0317 e. The van der Waals surface area contributed by atoms with E-state index in [1.54, 1.807) is 0 Å². The van der Waals surface area contributed by atoms with Crippen molar-refractivity contribution in [1.82, 2.24) is 4.90 Å². The molecule has 102 valence electrons.